The predicted octanol–water partition coefficient (Wildman–Crippen LogP) is 2.89. The second-order valence-corrected chi connectivity index (χ2v) is 7.41. The van der Waals surface area contributed by atoms with Crippen molar-refractivity contribution in [1.82, 2.24) is 20.4 Å². The molecule has 0 bridgehead atoms. The van der Waals surface area contributed by atoms with E-state index in [1.165, 1.54) is 0 Å². The van der Waals surface area contributed by atoms with E-state index >= 15 is 0 Å². The van der Waals surface area contributed by atoms with E-state index < -0.39 is 11.5 Å². The van der Waals surface area contributed by atoms with Crippen LogP contribution in [0.4, 0.5) is 0 Å². The molecule has 2 rings (SSSR count). The molecule has 0 aliphatic rings. The summed E-state index contributed by atoms with van der Waals surface area (Å²) in [7, 11) is 1.57. The number of benzene rings is 1. The van der Waals surface area contributed by atoms with Gasteiger partial charge in [0.15, 0.2) is 5.69 Å². The van der Waals surface area contributed by atoms with Crippen molar-refractivity contribution in [1.29, 1.82) is 0 Å². The van der Waals surface area contributed by atoms with Gasteiger partial charge in [0.05, 0.1) is 5.52 Å². The Labute approximate surface area is 154 Å². The molecule has 0 saturated heterocycles. The van der Waals surface area contributed by atoms with Crippen LogP contribution in [0.3, 0.4) is 0 Å². The molecule has 1 heterocycles. The molecule has 2 N–H and O–H groups in total. The Hall–Kier alpha value is -2.63. The van der Waals surface area contributed by atoms with E-state index in [4.69, 9.17) is 0 Å². The first kappa shape index (κ1) is 19.7. The molecule has 140 valence electrons. The number of fused-ring (bicyclic) bond motifs is 1. The zero-order valence-electron chi connectivity index (χ0n) is 16.0. The largest absolute Gasteiger partial charge is 0.357 e. The molecule has 0 saturated carbocycles. The fraction of sp³-hybridized carbons (Fsp3) is 0.450. The minimum atomic E-state index is -0.648. The highest BCUT2D eigenvalue weighted by molar-refractivity contribution is 6.06. The molecule has 1 aromatic heterocycles. The third-order valence-electron chi connectivity index (χ3n) is 4.30. The number of rotatable bonds is 7. The molecule has 2 amide bonds. The van der Waals surface area contributed by atoms with E-state index in [0.717, 1.165) is 23.7 Å². The lowest BCUT2D eigenvalue weighted by Gasteiger charge is -2.29. The number of nitrogens with zero attached hydrogens (tertiary/aromatic N) is 2. The van der Waals surface area contributed by atoms with Gasteiger partial charge in [0, 0.05) is 19.0 Å². The lowest BCUT2D eigenvalue weighted by Crippen LogP contribution is -2.53. The van der Waals surface area contributed by atoms with Gasteiger partial charge in [-0.15, -0.1) is 6.58 Å². The summed E-state index contributed by atoms with van der Waals surface area (Å²) in [5.41, 5.74) is 0.837. The van der Waals surface area contributed by atoms with Crippen molar-refractivity contribution in [3.63, 3.8) is 0 Å². The van der Waals surface area contributed by atoms with Crippen molar-refractivity contribution in [3.8, 4) is 0 Å². The van der Waals surface area contributed by atoms with E-state index in [1.54, 1.807) is 7.05 Å². The average molecular weight is 356 g/mol. The van der Waals surface area contributed by atoms with E-state index in [-0.39, 0.29) is 11.8 Å². The highest BCUT2D eigenvalue weighted by atomic mass is 16.2. The maximum absolute atomic E-state index is 12.9. The fourth-order valence-corrected chi connectivity index (χ4v) is 2.87. The molecule has 1 atom stereocenters. The van der Waals surface area contributed by atoms with Crippen molar-refractivity contribution in [2.24, 2.45) is 5.41 Å². The molecule has 1 aromatic carbocycles. The molecule has 0 radical (unpaired) electrons. The van der Waals surface area contributed by atoms with E-state index in [9.17, 15) is 9.59 Å². The van der Waals surface area contributed by atoms with Gasteiger partial charge in [-0.3, -0.25) is 14.3 Å². The summed E-state index contributed by atoms with van der Waals surface area (Å²) >= 11 is 0. The summed E-state index contributed by atoms with van der Waals surface area (Å²) in [5.74, 6) is -0.562. The number of aromatic nitrogens is 2. The summed E-state index contributed by atoms with van der Waals surface area (Å²) in [5, 5.41) is 10.8. The maximum atomic E-state index is 12.9. The highest BCUT2D eigenvalue weighted by Crippen LogP contribution is 2.22. The van der Waals surface area contributed by atoms with Crippen molar-refractivity contribution in [2.45, 2.75) is 46.2 Å². The summed E-state index contributed by atoms with van der Waals surface area (Å²) < 4.78 is 1.85. The molecular weight excluding hydrogens is 328 g/mol. The number of allylic oxidation sites excluding steroid dienone is 1. The molecule has 6 nitrogen and oxygen atoms in total. The molecule has 26 heavy (non-hydrogen) atoms. The van der Waals surface area contributed by atoms with Crippen LogP contribution < -0.4 is 10.6 Å². The van der Waals surface area contributed by atoms with Crippen LogP contribution in [0.15, 0.2) is 36.9 Å². The molecule has 6 heteroatoms. The van der Waals surface area contributed by atoms with Gasteiger partial charge in [-0.2, -0.15) is 5.10 Å². The first-order valence-electron chi connectivity index (χ1n) is 8.88. The Morgan fingerprint density at radius 2 is 2.00 bits per heavy atom. The summed E-state index contributed by atoms with van der Waals surface area (Å²) in [6, 6.07) is 7.00. The number of amides is 2. The molecule has 0 unspecified atom stereocenters. The Morgan fingerprint density at radius 3 is 2.62 bits per heavy atom. The number of carbonyl (C=O) groups is 2. The first-order valence-corrected chi connectivity index (χ1v) is 8.88. The van der Waals surface area contributed by atoms with Gasteiger partial charge < -0.3 is 10.6 Å². The lowest BCUT2D eigenvalue weighted by molar-refractivity contribution is -0.124. The Bertz CT molecular complexity index is 802. The maximum Gasteiger partial charge on any atom is 0.273 e. The van der Waals surface area contributed by atoms with Crippen LogP contribution in [0.2, 0.25) is 0 Å². The number of para-hydroxylation sites is 1. The molecule has 2 aromatic rings. The van der Waals surface area contributed by atoms with Gasteiger partial charge in [-0.1, -0.05) is 45.0 Å². The quantitative estimate of drug-likeness (QED) is 0.592. The monoisotopic (exact) mass is 356 g/mol. The number of carbonyl (C=O) groups excluding carboxylic acids is 2. The third-order valence-corrected chi connectivity index (χ3v) is 4.30. The van der Waals surface area contributed by atoms with Crippen LogP contribution in [-0.2, 0) is 11.3 Å². The molecule has 0 fully saturated rings. The van der Waals surface area contributed by atoms with Crippen molar-refractivity contribution in [2.75, 3.05) is 7.05 Å². The van der Waals surface area contributed by atoms with Gasteiger partial charge in [-0.05, 0) is 24.3 Å². The smallest absolute Gasteiger partial charge is 0.273 e. The summed E-state index contributed by atoms with van der Waals surface area (Å²) in [6.45, 7) is 10.2. The predicted molar refractivity (Wildman–Crippen MR) is 104 cm³/mol. The Kier molecular flexibility index (Phi) is 6.18. The Morgan fingerprint density at radius 1 is 1.31 bits per heavy atom. The SMILES string of the molecule is C=CCCCn1nc(C(=O)N[C@H](C(=O)NC)C(C)(C)C)c2ccccc21. The van der Waals surface area contributed by atoms with Gasteiger partial charge >= 0.3 is 0 Å². The Balaban J connectivity index is 2.34. The molecule has 0 aliphatic heterocycles. The zero-order valence-corrected chi connectivity index (χ0v) is 16.0. The van der Waals surface area contributed by atoms with Crippen LogP contribution >= 0.6 is 0 Å². The fourth-order valence-electron chi connectivity index (χ4n) is 2.87. The lowest BCUT2D eigenvalue weighted by atomic mass is 9.86. The second kappa shape index (κ2) is 8.17. The van der Waals surface area contributed by atoms with E-state index in [2.05, 4.69) is 22.3 Å². The highest BCUT2D eigenvalue weighted by Gasteiger charge is 2.33. The first-order chi connectivity index (χ1) is 12.3. The van der Waals surface area contributed by atoms with Crippen LogP contribution in [0.1, 0.15) is 44.1 Å². The number of hydrogen-bond acceptors (Lipinski definition) is 3. The number of likely N-dealkylation sites (N-methyl/N-ethyl adjacent to an activating group) is 1. The summed E-state index contributed by atoms with van der Waals surface area (Å²) in [4.78, 5) is 25.1. The zero-order chi connectivity index (χ0) is 19.3. The van der Waals surface area contributed by atoms with Gasteiger partial charge in [-0.25, -0.2) is 0 Å². The standard InChI is InChI=1S/C20H28N4O2/c1-6-7-10-13-24-15-12-9-8-11-14(15)16(23-24)18(25)22-17(19(26)21-5)20(2,3)4/h6,8-9,11-12,17H,1,7,10,13H2,2-5H3,(H,21,26)(H,22,25)/t17-/m1/s1. The normalized spacial score (nSPS) is 12.6. The van der Waals surface area contributed by atoms with E-state index in [0.29, 0.717) is 12.2 Å². The van der Waals surface area contributed by atoms with Gasteiger partial charge in [0.2, 0.25) is 5.91 Å². The van der Waals surface area contributed by atoms with Crippen LogP contribution in [0.5, 0.6) is 0 Å². The van der Waals surface area contributed by atoms with Crippen molar-refractivity contribution < 1.29 is 9.59 Å². The number of hydrogen-bond donors (Lipinski definition) is 2. The number of aryl methyl sites for hydroxylation is 1. The van der Waals surface area contributed by atoms with Crippen LogP contribution in [-0.4, -0.2) is 34.7 Å². The topological polar surface area (TPSA) is 76.0 Å². The number of nitrogens with one attached hydrogen (secondary N) is 2. The second-order valence-electron chi connectivity index (χ2n) is 7.41. The van der Waals surface area contributed by atoms with Crippen LogP contribution in [0.25, 0.3) is 10.9 Å². The molecular formula is C20H28N4O2. The van der Waals surface area contributed by atoms with Crippen molar-refractivity contribution in [3.05, 3.63) is 42.6 Å². The van der Waals surface area contributed by atoms with Gasteiger partial charge in [0.25, 0.3) is 5.91 Å². The minimum Gasteiger partial charge on any atom is -0.357 e. The third kappa shape index (κ3) is 4.31. The average Bonchev–Trinajstić information content (AvgIpc) is 2.97. The van der Waals surface area contributed by atoms with Crippen molar-refractivity contribution >= 4 is 22.7 Å². The molecule has 0 aliphatic carbocycles. The van der Waals surface area contributed by atoms with Gasteiger partial charge in [0.1, 0.15) is 6.04 Å². The van der Waals surface area contributed by atoms with E-state index in [1.807, 2.05) is 55.8 Å². The van der Waals surface area contributed by atoms with Crippen LogP contribution in [0, 0.1) is 5.41 Å². The molecule has 0 spiro atoms. The minimum absolute atomic E-state index is 0.222. The summed E-state index contributed by atoms with van der Waals surface area (Å²) in [6.07, 6.45) is 3.66. The number of unbranched alkanes of at least 4 members (excludes halogenated alkanes) is 1.